The molecule has 0 unspecified atom stereocenters. The van der Waals surface area contributed by atoms with Gasteiger partial charge in [-0.1, -0.05) is 178 Å². The van der Waals surface area contributed by atoms with Gasteiger partial charge in [0.25, 0.3) is 0 Å². The number of para-hydroxylation sites is 4. The monoisotopic (exact) mass is 991 g/mol. The van der Waals surface area contributed by atoms with Crippen LogP contribution >= 0.6 is 0 Å². The molecule has 2 aliphatic rings. The van der Waals surface area contributed by atoms with Crippen molar-refractivity contribution in [2.24, 2.45) is 0 Å². The number of hydrogen-bond acceptors (Lipinski definition) is 4. The van der Waals surface area contributed by atoms with E-state index in [0.29, 0.717) is 6.67 Å². The molecule has 0 radical (unpaired) electrons. The zero-order valence-electron chi connectivity index (χ0n) is 43.4. The van der Waals surface area contributed by atoms with Crippen LogP contribution in [0.25, 0.3) is 99.6 Å². The Morgan fingerprint density at radius 2 is 1.10 bits per heavy atom. The van der Waals surface area contributed by atoms with Gasteiger partial charge < -0.3 is 19.1 Å². The maximum atomic E-state index is 7.06. The summed E-state index contributed by atoms with van der Waals surface area (Å²) in [4.78, 5) is 10.1. The van der Waals surface area contributed by atoms with Crippen molar-refractivity contribution in [1.82, 2.24) is 14.1 Å². The van der Waals surface area contributed by atoms with E-state index in [2.05, 4.69) is 277 Å². The van der Waals surface area contributed by atoms with E-state index < -0.39 is 0 Å². The SMILES string of the molecule is Cc1cccc2c1N(c1c(-c3ccccc3)cccc1-c1ccccc1)CN2c1cccc(Oc2ccc3c4c5c(ccc4n(-c4cc(C(C)(C)C)ccn4)c3c2)-n2c3ccccc3c3cccc(c32)-c2ccccc2-5)c1. The molecule has 0 N–H and O–H groups in total. The number of nitrogens with zero attached hydrogens (tertiary/aromatic N) is 5. The van der Waals surface area contributed by atoms with E-state index in [1.54, 1.807) is 0 Å². The van der Waals surface area contributed by atoms with Crippen molar-refractivity contribution in [2.45, 2.75) is 33.1 Å². The minimum absolute atomic E-state index is 0.0839. The lowest BCUT2D eigenvalue weighted by Crippen LogP contribution is -2.25. The third-order valence-corrected chi connectivity index (χ3v) is 16.0. The van der Waals surface area contributed by atoms with Gasteiger partial charge in [0.1, 0.15) is 24.0 Å². The zero-order chi connectivity index (χ0) is 51.5. The molecule has 77 heavy (non-hydrogen) atoms. The van der Waals surface area contributed by atoms with Gasteiger partial charge in [-0.25, -0.2) is 4.98 Å². The minimum atomic E-state index is -0.0839. The van der Waals surface area contributed by atoms with E-state index in [9.17, 15) is 0 Å². The number of fused-ring (bicyclic) bond motifs is 13. The van der Waals surface area contributed by atoms with Gasteiger partial charge in [0, 0.05) is 67.8 Å². The normalized spacial score (nSPS) is 12.8. The second-order valence-corrected chi connectivity index (χ2v) is 21.6. The quantitative estimate of drug-likeness (QED) is 0.159. The van der Waals surface area contributed by atoms with Crippen molar-refractivity contribution >= 4 is 66.4 Å². The molecule has 0 saturated heterocycles. The Bertz CT molecular complexity index is 4460. The Balaban J connectivity index is 0.885. The number of rotatable bonds is 7. The van der Waals surface area contributed by atoms with Crippen LogP contribution in [0.3, 0.4) is 0 Å². The summed E-state index contributed by atoms with van der Waals surface area (Å²) in [6.45, 7) is 9.63. The molecule has 2 aliphatic heterocycles. The number of benzene rings is 10. The van der Waals surface area contributed by atoms with Crippen LogP contribution in [0.4, 0.5) is 22.7 Å². The molecule has 6 nitrogen and oxygen atoms in total. The Morgan fingerprint density at radius 1 is 0.442 bits per heavy atom. The molecule has 6 heteroatoms. The van der Waals surface area contributed by atoms with E-state index in [0.717, 1.165) is 50.8 Å². The molecule has 3 aromatic heterocycles. The van der Waals surface area contributed by atoms with Crippen LogP contribution in [0.1, 0.15) is 31.9 Å². The van der Waals surface area contributed by atoms with Gasteiger partial charge in [-0.2, -0.15) is 0 Å². The smallest absolute Gasteiger partial charge is 0.137 e. The van der Waals surface area contributed by atoms with Gasteiger partial charge in [-0.3, -0.25) is 4.57 Å². The highest BCUT2D eigenvalue weighted by atomic mass is 16.5. The third kappa shape index (κ3) is 6.98. The van der Waals surface area contributed by atoms with Gasteiger partial charge in [-0.15, -0.1) is 0 Å². The summed E-state index contributed by atoms with van der Waals surface area (Å²) in [5.41, 5.74) is 22.2. The summed E-state index contributed by atoms with van der Waals surface area (Å²) in [5, 5.41) is 4.81. The Kier molecular flexibility index (Phi) is 10.0. The van der Waals surface area contributed by atoms with Crippen molar-refractivity contribution in [3.63, 3.8) is 0 Å². The Morgan fingerprint density at radius 3 is 1.90 bits per heavy atom. The molecule has 0 saturated carbocycles. The van der Waals surface area contributed by atoms with Crippen molar-refractivity contribution in [3.05, 3.63) is 248 Å². The number of hydrogen-bond donors (Lipinski definition) is 0. The van der Waals surface area contributed by atoms with Crippen molar-refractivity contribution < 1.29 is 4.74 Å². The van der Waals surface area contributed by atoms with Gasteiger partial charge in [0.2, 0.25) is 0 Å². The standard InChI is InChI=1S/C71H53N5O/c1-45-19-15-34-63-68(45)74(69-52(46-20-7-5-8-21-46)29-17-30-53(69)47-22-9-6-10-23-47)44-73(63)49-24-16-25-50(42-49)77-51-35-36-59-64(43-51)75(65-41-48(39-40-72-65)71(2,3)4)61-37-38-62-66(67(59)61)56-28-12-11-26-54(56)57-31-18-32-58-55-27-13-14-33-60(55)76(62)70(57)58/h5-43H,44H2,1-4H3. The van der Waals surface area contributed by atoms with Gasteiger partial charge in [0.05, 0.1) is 44.8 Å². The fourth-order valence-electron chi connectivity index (χ4n) is 12.6. The summed E-state index contributed by atoms with van der Waals surface area (Å²) in [6.07, 6.45) is 1.96. The van der Waals surface area contributed by atoms with Crippen LogP contribution in [-0.2, 0) is 5.41 Å². The highest BCUT2D eigenvalue weighted by Crippen LogP contribution is 2.54. The summed E-state index contributed by atoms with van der Waals surface area (Å²) >= 11 is 0. The lowest BCUT2D eigenvalue weighted by molar-refractivity contribution is 0.483. The summed E-state index contributed by atoms with van der Waals surface area (Å²) < 4.78 is 11.9. The van der Waals surface area contributed by atoms with Crippen LogP contribution < -0.4 is 14.5 Å². The first-order valence-electron chi connectivity index (χ1n) is 26.6. The topological polar surface area (TPSA) is 38.5 Å². The summed E-state index contributed by atoms with van der Waals surface area (Å²) in [5.74, 6) is 2.36. The lowest BCUT2D eigenvalue weighted by Gasteiger charge is -2.28. The van der Waals surface area contributed by atoms with Gasteiger partial charge in [-0.05, 0) is 106 Å². The first-order valence-corrected chi connectivity index (χ1v) is 26.6. The van der Waals surface area contributed by atoms with Crippen LogP contribution in [0, 0.1) is 6.92 Å². The molecule has 0 bridgehead atoms. The highest BCUT2D eigenvalue weighted by molar-refractivity contribution is 6.23. The molecule has 10 aromatic carbocycles. The number of aromatic nitrogens is 3. The molecule has 0 fully saturated rings. The third-order valence-electron chi connectivity index (χ3n) is 16.0. The number of pyridine rings is 1. The fourth-order valence-corrected chi connectivity index (χ4v) is 12.6. The molecule has 0 spiro atoms. The van der Waals surface area contributed by atoms with E-state index >= 15 is 0 Å². The number of anilines is 4. The van der Waals surface area contributed by atoms with Crippen LogP contribution in [-0.4, -0.2) is 20.8 Å². The van der Waals surface area contributed by atoms with Crippen LogP contribution in [0.5, 0.6) is 11.5 Å². The fraction of sp³-hybridized carbons (Fsp3) is 0.0845. The lowest BCUT2D eigenvalue weighted by atomic mass is 9.88. The first-order chi connectivity index (χ1) is 37.8. The van der Waals surface area contributed by atoms with Crippen molar-refractivity contribution in [3.8, 4) is 67.5 Å². The van der Waals surface area contributed by atoms with Crippen molar-refractivity contribution in [2.75, 3.05) is 16.5 Å². The molecule has 368 valence electrons. The van der Waals surface area contributed by atoms with Gasteiger partial charge in [0.15, 0.2) is 0 Å². The van der Waals surface area contributed by atoms with Crippen LogP contribution in [0.2, 0.25) is 0 Å². The molecule has 15 rings (SSSR count). The predicted molar refractivity (Wildman–Crippen MR) is 320 cm³/mol. The van der Waals surface area contributed by atoms with E-state index in [1.807, 2.05) is 6.20 Å². The number of aryl methyl sites for hydroxylation is 1. The maximum absolute atomic E-state index is 7.06. The minimum Gasteiger partial charge on any atom is -0.457 e. The summed E-state index contributed by atoms with van der Waals surface area (Å²) in [7, 11) is 0. The second-order valence-electron chi connectivity index (χ2n) is 21.6. The average Bonchev–Trinajstić information content (AvgIpc) is 4.22. The number of ether oxygens (including phenoxy) is 1. The zero-order valence-corrected chi connectivity index (χ0v) is 43.4. The summed E-state index contributed by atoms with van der Waals surface area (Å²) in [6, 6.07) is 83.6. The molecular weight excluding hydrogens is 939 g/mol. The largest absolute Gasteiger partial charge is 0.457 e. The average molecular weight is 992 g/mol. The molecule has 5 heterocycles. The molecular formula is C71H53N5O. The Labute approximate surface area is 447 Å². The second kappa shape index (κ2) is 17.2. The van der Waals surface area contributed by atoms with E-state index in [4.69, 9.17) is 9.72 Å². The Hall–Kier alpha value is -9.65. The first kappa shape index (κ1) is 44.8. The predicted octanol–water partition coefficient (Wildman–Crippen LogP) is 18.9. The molecule has 0 atom stereocenters. The maximum Gasteiger partial charge on any atom is 0.137 e. The van der Waals surface area contributed by atoms with Gasteiger partial charge >= 0.3 is 0 Å². The molecule has 0 aliphatic carbocycles. The molecule has 0 amide bonds. The molecule has 13 aromatic rings. The van der Waals surface area contributed by atoms with Crippen molar-refractivity contribution in [1.29, 1.82) is 0 Å². The van der Waals surface area contributed by atoms with E-state index in [1.165, 1.54) is 94.2 Å². The highest BCUT2D eigenvalue weighted by Gasteiger charge is 2.34. The van der Waals surface area contributed by atoms with Crippen LogP contribution in [0.15, 0.2) is 237 Å². The van der Waals surface area contributed by atoms with E-state index in [-0.39, 0.29) is 5.41 Å².